The third-order valence-electron chi connectivity index (χ3n) is 3.31. The van der Waals surface area contributed by atoms with Gasteiger partial charge in [-0.1, -0.05) is 18.2 Å². The summed E-state index contributed by atoms with van der Waals surface area (Å²) >= 11 is 0. The van der Waals surface area contributed by atoms with E-state index >= 15 is 0 Å². The highest BCUT2D eigenvalue weighted by Crippen LogP contribution is 2.25. The Hall–Kier alpha value is -1.86. The number of furan rings is 1. The van der Waals surface area contributed by atoms with E-state index in [1.165, 1.54) is 0 Å². The molecule has 0 spiro atoms. The molecule has 23 heavy (non-hydrogen) atoms. The molecule has 7 heteroatoms. The Morgan fingerprint density at radius 1 is 1.30 bits per heavy atom. The van der Waals surface area contributed by atoms with E-state index in [1.54, 1.807) is 6.92 Å². The molecular formula is C16H21NO5S. The Balaban J connectivity index is 2.02. The van der Waals surface area contributed by atoms with E-state index in [0.717, 1.165) is 5.39 Å². The first-order valence-electron chi connectivity index (χ1n) is 7.40. The van der Waals surface area contributed by atoms with Crippen LogP contribution in [0.4, 0.5) is 0 Å². The van der Waals surface area contributed by atoms with E-state index in [0.29, 0.717) is 16.9 Å². The molecule has 6 nitrogen and oxygen atoms in total. The predicted molar refractivity (Wildman–Crippen MR) is 87.7 cm³/mol. The highest BCUT2D eigenvalue weighted by molar-refractivity contribution is 7.90. The third kappa shape index (κ3) is 4.80. The van der Waals surface area contributed by atoms with Crippen molar-refractivity contribution in [2.75, 3.05) is 12.4 Å². The first-order valence-corrected chi connectivity index (χ1v) is 9.05. The van der Waals surface area contributed by atoms with Crippen LogP contribution < -0.4 is 4.72 Å². The first-order chi connectivity index (χ1) is 10.8. The average Bonchev–Trinajstić information content (AvgIpc) is 2.74. The number of sulfonamides is 1. The zero-order valence-electron chi connectivity index (χ0n) is 13.5. The van der Waals surface area contributed by atoms with E-state index in [2.05, 4.69) is 4.72 Å². The molecule has 2 aromatic rings. The topological polar surface area (TPSA) is 85.6 Å². The van der Waals surface area contributed by atoms with Crippen LogP contribution in [0.2, 0.25) is 0 Å². The minimum Gasteiger partial charge on any atom is -0.461 e. The summed E-state index contributed by atoms with van der Waals surface area (Å²) in [5.74, 6) is -0.215. The number of carbonyl (C=O) groups is 1. The Bertz CT molecular complexity index is 792. The molecule has 0 radical (unpaired) electrons. The van der Waals surface area contributed by atoms with Crippen molar-refractivity contribution in [1.82, 2.24) is 4.72 Å². The average molecular weight is 339 g/mol. The van der Waals surface area contributed by atoms with Gasteiger partial charge in [0.2, 0.25) is 15.9 Å². The molecule has 0 unspecified atom stereocenters. The lowest BCUT2D eigenvalue weighted by Crippen LogP contribution is -2.35. The van der Waals surface area contributed by atoms with Gasteiger partial charge in [-0.15, -0.1) is 0 Å². The maximum absolute atomic E-state index is 12.0. The Kier molecular flexibility index (Phi) is 5.43. The van der Waals surface area contributed by atoms with Crippen LogP contribution in [0.25, 0.3) is 11.0 Å². The second-order valence-electron chi connectivity index (χ2n) is 5.57. The van der Waals surface area contributed by atoms with Crippen LogP contribution in [0.15, 0.2) is 28.7 Å². The normalized spacial score (nSPS) is 12.0. The standard InChI is InChI=1S/C16H21NO5S/c1-11(2)21-8-9-23(19,20)17-16(18)10-14-12(3)22-15-7-5-4-6-13(14)15/h4-7,11H,8-10H2,1-3H3,(H,17,18). The quantitative estimate of drug-likeness (QED) is 0.835. The van der Waals surface area contributed by atoms with Gasteiger partial charge in [0, 0.05) is 10.9 Å². The van der Waals surface area contributed by atoms with Crippen molar-refractivity contribution >= 4 is 26.9 Å². The van der Waals surface area contributed by atoms with E-state index in [9.17, 15) is 13.2 Å². The Labute approximate surface area is 135 Å². The molecule has 1 amide bonds. The van der Waals surface area contributed by atoms with E-state index < -0.39 is 15.9 Å². The molecule has 0 saturated carbocycles. The molecular weight excluding hydrogens is 318 g/mol. The fourth-order valence-corrected chi connectivity index (χ4v) is 3.09. The highest BCUT2D eigenvalue weighted by Gasteiger charge is 2.19. The SMILES string of the molecule is Cc1oc2ccccc2c1CC(=O)NS(=O)(=O)CCOC(C)C. The van der Waals surface area contributed by atoms with E-state index in [1.807, 2.05) is 38.1 Å². The van der Waals surface area contributed by atoms with Gasteiger partial charge in [0.15, 0.2) is 0 Å². The van der Waals surface area contributed by atoms with E-state index in [-0.39, 0.29) is 24.9 Å². The number of nitrogens with one attached hydrogen (secondary N) is 1. The maximum atomic E-state index is 12.0. The zero-order valence-corrected chi connectivity index (χ0v) is 14.3. The van der Waals surface area contributed by atoms with Gasteiger partial charge in [0.1, 0.15) is 11.3 Å². The number of para-hydroxylation sites is 1. The van der Waals surface area contributed by atoms with Gasteiger partial charge in [-0.2, -0.15) is 0 Å². The molecule has 1 aromatic carbocycles. The number of carbonyl (C=O) groups excluding carboxylic acids is 1. The number of aryl methyl sites for hydroxylation is 1. The summed E-state index contributed by atoms with van der Waals surface area (Å²) in [5, 5.41) is 0.820. The van der Waals surface area contributed by atoms with Gasteiger partial charge < -0.3 is 9.15 Å². The lowest BCUT2D eigenvalue weighted by Gasteiger charge is -2.09. The molecule has 126 valence electrons. The van der Waals surface area contributed by atoms with Crippen LogP contribution in [0.3, 0.4) is 0 Å². The lowest BCUT2D eigenvalue weighted by molar-refractivity contribution is -0.118. The van der Waals surface area contributed by atoms with Crippen LogP contribution in [0, 0.1) is 6.92 Å². The number of hydrogen-bond acceptors (Lipinski definition) is 5. The lowest BCUT2D eigenvalue weighted by atomic mass is 10.1. The summed E-state index contributed by atoms with van der Waals surface area (Å²) in [6.07, 6.45) is -0.103. The maximum Gasteiger partial charge on any atom is 0.238 e. The second kappa shape index (κ2) is 7.14. The van der Waals surface area contributed by atoms with E-state index in [4.69, 9.17) is 9.15 Å². The first kappa shape index (κ1) is 17.5. The minimum absolute atomic E-state index is 0.0485. The van der Waals surface area contributed by atoms with Crippen LogP contribution in [-0.4, -0.2) is 32.8 Å². The van der Waals surface area contributed by atoms with Gasteiger partial charge in [-0.25, -0.2) is 8.42 Å². The van der Waals surface area contributed by atoms with Crippen LogP contribution in [0.1, 0.15) is 25.2 Å². The number of amides is 1. The molecule has 1 N–H and O–H groups in total. The fraction of sp³-hybridized carbons (Fsp3) is 0.438. The van der Waals surface area contributed by atoms with Crippen molar-refractivity contribution in [2.45, 2.75) is 33.3 Å². The Morgan fingerprint density at radius 3 is 2.70 bits per heavy atom. The van der Waals surface area contributed by atoms with Crippen LogP contribution >= 0.6 is 0 Å². The zero-order chi connectivity index (χ0) is 17.0. The van der Waals surface area contributed by atoms with Crippen molar-refractivity contribution in [3.8, 4) is 0 Å². The van der Waals surface area contributed by atoms with Crippen LogP contribution in [0.5, 0.6) is 0 Å². The number of fused-ring (bicyclic) bond motifs is 1. The molecule has 2 rings (SSSR count). The largest absolute Gasteiger partial charge is 0.461 e. The van der Waals surface area contributed by atoms with Crippen LogP contribution in [-0.2, 0) is 26.0 Å². The highest BCUT2D eigenvalue weighted by atomic mass is 32.2. The van der Waals surface area contributed by atoms with Gasteiger partial charge in [0.25, 0.3) is 0 Å². The minimum atomic E-state index is -3.70. The number of ether oxygens (including phenoxy) is 1. The Morgan fingerprint density at radius 2 is 2.00 bits per heavy atom. The molecule has 1 heterocycles. The monoisotopic (exact) mass is 339 g/mol. The molecule has 0 saturated heterocycles. The van der Waals surface area contributed by atoms with Crippen molar-refractivity contribution in [1.29, 1.82) is 0 Å². The van der Waals surface area contributed by atoms with Gasteiger partial charge in [-0.3, -0.25) is 9.52 Å². The summed E-state index contributed by atoms with van der Waals surface area (Å²) in [7, 11) is -3.70. The number of rotatable bonds is 7. The van der Waals surface area contributed by atoms with Gasteiger partial charge >= 0.3 is 0 Å². The number of benzene rings is 1. The van der Waals surface area contributed by atoms with Crippen molar-refractivity contribution in [2.24, 2.45) is 0 Å². The third-order valence-corrected chi connectivity index (χ3v) is 4.55. The summed E-state index contributed by atoms with van der Waals surface area (Å²) < 4.78 is 36.6. The van der Waals surface area contributed by atoms with Crippen molar-refractivity contribution in [3.63, 3.8) is 0 Å². The molecule has 0 bridgehead atoms. The molecule has 0 aliphatic rings. The number of hydrogen-bond donors (Lipinski definition) is 1. The van der Waals surface area contributed by atoms with Crippen molar-refractivity contribution in [3.05, 3.63) is 35.6 Å². The molecule has 1 aromatic heterocycles. The van der Waals surface area contributed by atoms with Gasteiger partial charge in [-0.05, 0) is 26.8 Å². The van der Waals surface area contributed by atoms with Crippen molar-refractivity contribution < 1.29 is 22.4 Å². The molecule has 0 aliphatic carbocycles. The predicted octanol–water partition coefficient (Wildman–Crippen LogP) is 2.15. The summed E-state index contributed by atoms with van der Waals surface area (Å²) in [4.78, 5) is 12.0. The fourth-order valence-electron chi connectivity index (χ4n) is 2.26. The summed E-state index contributed by atoms with van der Waals surface area (Å²) in [5.41, 5.74) is 1.38. The summed E-state index contributed by atoms with van der Waals surface area (Å²) in [6, 6.07) is 7.34. The molecule has 0 fully saturated rings. The second-order valence-corrected chi connectivity index (χ2v) is 7.42. The molecule has 0 atom stereocenters. The molecule has 0 aliphatic heterocycles. The smallest absolute Gasteiger partial charge is 0.238 e. The van der Waals surface area contributed by atoms with Gasteiger partial charge in [0.05, 0.1) is 24.9 Å². The summed E-state index contributed by atoms with van der Waals surface area (Å²) in [6.45, 7) is 5.44.